The molecule has 0 saturated heterocycles. The molecule has 5 heteroatoms. The van der Waals surface area contributed by atoms with Gasteiger partial charge in [0.25, 0.3) is 5.91 Å². The molecule has 0 aromatic heterocycles. The van der Waals surface area contributed by atoms with E-state index in [0.717, 1.165) is 3.57 Å². The van der Waals surface area contributed by atoms with Crippen LogP contribution in [0.4, 0.5) is 5.69 Å². The van der Waals surface area contributed by atoms with Gasteiger partial charge in [0, 0.05) is 14.2 Å². The van der Waals surface area contributed by atoms with Crippen molar-refractivity contribution in [1.29, 1.82) is 0 Å². The highest BCUT2D eigenvalue weighted by atomic mass is 127. The molecule has 3 rings (SSSR count). The summed E-state index contributed by atoms with van der Waals surface area (Å²) in [7, 11) is 0. The molecule has 0 bridgehead atoms. The van der Waals surface area contributed by atoms with Gasteiger partial charge in [0.05, 0.1) is 5.69 Å². The molecule has 3 aromatic carbocycles. The van der Waals surface area contributed by atoms with Gasteiger partial charge in [0.2, 0.25) is 0 Å². The van der Waals surface area contributed by atoms with E-state index in [0.29, 0.717) is 27.8 Å². The van der Waals surface area contributed by atoms with Gasteiger partial charge in [-0.05, 0) is 77.2 Å². The van der Waals surface area contributed by atoms with E-state index in [1.54, 1.807) is 30.3 Å². The Bertz CT molecular complexity index is 851. The Morgan fingerprint density at radius 3 is 2.38 bits per heavy atom. The van der Waals surface area contributed by atoms with Gasteiger partial charge in [-0.2, -0.15) is 0 Å². The maximum atomic E-state index is 12.4. The molecule has 0 spiro atoms. The minimum absolute atomic E-state index is 0.216. The Kier molecular flexibility index (Phi) is 5.37. The van der Waals surface area contributed by atoms with Gasteiger partial charge in [0.15, 0.2) is 5.75 Å². The molecule has 0 unspecified atom stereocenters. The number of amides is 1. The van der Waals surface area contributed by atoms with E-state index in [9.17, 15) is 4.79 Å². The predicted molar refractivity (Wildman–Crippen MR) is 105 cm³/mol. The van der Waals surface area contributed by atoms with Gasteiger partial charge in [-0.25, -0.2) is 0 Å². The monoisotopic (exact) mass is 449 g/mol. The van der Waals surface area contributed by atoms with Crippen molar-refractivity contribution in [3.05, 3.63) is 87.0 Å². The quantitative estimate of drug-likeness (QED) is 0.497. The fraction of sp³-hybridized carbons (Fsp3) is 0. The zero-order chi connectivity index (χ0) is 16.9. The topological polar surface area (TPSA) is 38.3 Å². The second kappa shape index (κ2) is 7.68. The first-order valence-corrected chi connectivity index (χ1v) is 8.67. The van der Waals surface area contributed by atoms with Gasteiger partial charge < -0.3 is 10.1 Å². The maximum Gasteiger partial charge on any atom is 0.255 e. The van der Waals surface area contributed by atoms with E-state index in [1.807, 2.05) is 42.5 Å². The summed E-state index contributed by atoms with van der Waals surface area (Å²) < 4.78 is 6.92. The molecule has 0 heterocycles. The highest BCUT2D eigenvalue weighted by molar-refractivity contribution is 14.1. The molecule has 0 aliphatic carbocycles. The molecule has 0 radical (unpaired) electrons. The van der Waals surface area contributed by atoms with Crippen molar-refractivity contribution in [3.63, 3.8) is 0 Å². The van der Waals surface area contributed by atoms with Crippen LogP contribution in [0.5, 0.6) is 11.5 Å². The standard InChI is InChI=1S/C19H13ClINO2/c20-14-8-11-18(24-16-4-2-1-3-5-16)17(12-14)22-19(23)13-6-9-15(21)10-7-13/h1-12H,(H,22,23). The molecular formula is C19H13ClINO2. The van der Waals surface area contributed by atoms with Crippen LogP contribution in [0.3, 0.4) is 0 Å². The SMILES string of the molecule is O=C(Nc1cc(Cl)ccc1Oc1ccccc1)c1ccc(I)cc1. The summed E-state index contributed by atoms with van der Waals surface area (Å²) in [6.07, 6.45) is 0. The van der Waals surface area contributed by atoms with Gasteiger partial charge in [-0.1, -0.05) is 29.8 Å². The average Bonchev–Trinajstić information content (AvgIpc) is 2.59. The van der Waals surface area contributed by atoms with E-state index in [4.69, 9.17) is 16.3 Å². The molecule has 0 aliphatic heterocycles. The Morgan fingerprint density at radius 2 is 1.67 bits per heavy atom. The molecule has 0 saturated carbocycles. The summed E-state index contributed by atoms with van der Waals surface area (Å²) in [4.78, 5) is 12.4. The van der Waals surface area contributed by atoms with E-state index in [1.165, 1.54) is 0 Å². The maximum absolute atomic E-state index is 12.4. The third-order valence-electron chi connectivity index (χ3n) is 3.27. The minimum Gasteiger partial charge on any atom is -0.455 e. The van der Waals surface area contributed by atoms with E-state index in [-0.39, 0.29) is 5.91 Å². The van der Waals surface area contributed by atoms with Crippen molar-refractivity contribution in [1.82, 2.24) is 0 Å². The van der Waals surface area contributed by atoms with Crippen LogP contribution in [0.15, 0.2) is 72.8 Å². The average molecular weight is 450 g/mol. The van der Waals surface area contributed by atoms with Crippen LogP contribution < -0.4 is 10.1 Å². The van der Waals surface area contributed by atoms with Crippen molar-refractivity contribution in [3.8, 4) is 11.5 Å². The number of nitrogens with one attached hydrogen (secondary N) is 1. The lowest BCUT2D eigenvalue weighted by molar-refractivity contribution is 0.102. The molecule has 1 N–H and O–H groups in total. The minimum atomic E-state index is -0.216. The van der Waals surface area contributed by atoms with Crippen LogP contribution >= 0.6 is 34.2 Å². The molecule has 3 nitrogen and oxygen atoms in total. The zero-order valence-corrected chi connectivity index (χ0v) is 15.4. The first kappa shape index (κ1) is 16.8. The van der Waals surface area contributed by atoms with Crippen LogP contribution in [0.25, 0.3) is 0 Å². The lowest BCUT2D eigenvalue weighted by Crippen LogP contribution is -2.12. The van der Waals surface area contributed by atoms with E-state index >= 15 is 0 Å². The van der Waals surface area contributed by atoms with Gasteiger partial charge in [-0.15, -0.1) is 0 Å². The van der Waals surface area contributed by atoms with Gasteiger partial charge in [0.1, 0.15) is 5.75 Å². The highest BCUT2D eigenvalue weighted by Gasteiger charge is 2.11. The number of halogens is 2. The Labute approximate surface area is 158 Å². The molecule has 0 atom stereocenters. The van der Waals surface area contributed by atoms with Gasteiger partial charge in [-0.3, -0.25) is 4.79 Å². The molecular weight excluding hydrogens is 437 g/mol. The lowest BCUT2D eigenvalue weighted by Gasteiger charge is -2.13. The molecule has 0 fully saturated rings. The van der Waals surface area contributed by atoms with Crippen molar-refractivity contribution in [2.45, 2.75) is 0 Å². The fourth-order valence-corrected chi connectivity index (χ4v) is 2.63. The number of ether oxygens (including phenoxy) is 1. The third-order valence-corrected chi connectivity index (χ3v) is 4.22. The largest absolute Gasteiger partial charge is 0.455 e. The highest BCUT2D eigenvalue weighted by Crippen LogP contribution is 2.32. The number of hydrogen-bond acceptors (Lipinski definition) is 2. The van der Waals surface area contributed by atoms with Crippen LogP contribution in [0.2, 0.25) is 5.02 Å². The van der Waals surface area contributed by atoms with Crippen LogP contribution in [0, 0.1) is 3.57 Å². The van der Waals surface area contributed by atoms with Crippen molar-refractivity contribution in [2.75, 3.05) is 5.32 Å². The van der Waals surface area contributed by atoms with Crippen LogP contribution in [-0.2, 0) is 0 Å². The van der Waals surface area contributed by atoms with Gasteiger partial charge >= 0.3 is 0 Å². The summed E-state index contributed by atoms with van der Waals surface area (Å²) in [5.41, 5.74) is 1.09. The molecule has 24 heavy (non-hydrogen) atoms. The predicted octanol–water partition coefficient (Wildman–Crippen LogP) is 5.99. The first-order valence-electron chi connectivity index (χ1n) is 7.21. The second-order valence-electron chi connectivity index (χ2n) is 5.02. The number of hydrogen-bond donors (Lipinski definition) is 1. The number of rotatable bonds is 4. The van der Waals surface area contributed by atoms with E-state index < -0.39 is 0 Å². The number of para-hydroxylation sites is 1. The summed E-state index contributed by atoms with van der Waals surface area (Å²) >= 11 is 8.26. The number of carbonyl (C=O) groups is 1. The number of carbonyl (C=O) groups excluding carboxylic acids is 1. The van der Waals surface area contributed by atoms with Crippen LogP contribution in [-0.4, -0.2) is 5.91 Å². The summed E-state index contributed by atoms with van der Waals surface area (Å²) in [6.45, 7) is 0. The van der Waals surface area contributed by atoms with Crippen LogP contribution in [0.1, 0.15) is 10.4 Å². The van der Waals surface area contributed by atoms with Crippen molar-refractivity contribution < 1.29 is 9.53 Å². The molecule has 1 amide bonds. The normalized spacial score (nSPS) is 10.2. The molecule has 3 aromatic rings. The number of anilines is 1. The van der Waals surface area contributed by atoms with Crippen molar-refractivity contribution >= 4 is 45.8 Å². The van der Waals surface area contributed by atoms with Crippen molar-refractivity contribution in [2.24, 2.45) is 0 Å². The summed E-state index contributed by atoms with van der Waals surface area (Å²) in [5.74, 6) is 1.00. The molecule has 0 aliphatic rings. The third kappa shape index (κ3) is 4.27. The zero-order valence-electron chi connectivity index (χ0n) is 12.5. The Hall–Kier alpha value is -2.05. The number of benzene rings is 3. The Morgan fingerprint density at radius 1 is 0.958 bits per heavy atom. The second-order valence-corrected chi connectivity index (χ2v) is 6.70. The summed E-state index contributed by atoms with van der Waals surface area (Å²) in [6, 6.07) is 21.8. The smallest absolute Gasteiger partial charge is 0.255 e. The lowest BCUT2D eigenvalue weighted by atomic mass is 10.2. The first-order chi connectivity index (χ1) is 11.6. The summed E-state index contributed by atoms with van der Waals surface area (Å²) in [5, 5.41) is 3.38. The fourth-order valence-electron chi connectivity index (χ4n) is 2.10. The van der Waals surface area contributed by atoms with E-state index in [2.05, 4.69) is 27.9 Å². The molecule has 120 valence electrons. The Balaban J connectivity index is 1.85.